The van der Waals surface area contributed by atoms with Crippen LogP contribution < -0.4 is 0 Å². The molecular formula is C64H49N3. The maximum atomic E-state index is 5.26. The molecule has 320 valence electrons. The fourth-order valence-electron chi connectivity index (χ4n) is 10.6. The second-order valence-electron chi connectivity index (χ2n) is 17.3. The first-order valence-electron chi connectivity index (χ1n) is 23.3. The maximum Gasteiger partial charge on any atom is 0.164 e. The molecule has 0 saturated heterocycles. The number of hydrogen-bond donors (Lipinski definition) is 0. The van der Waals surface area contributed by atoms with Crippen LogP contribution in [0, 0.1) is 0 Å². The van der Waals surface area contributed by atoms with Crippen molar-refractivity contribution in [1.29, 1.82) is 0 Å². The summed E-state index contributed by atoms with van der Waals surface area (Å²) in [5.41, 5.74) is 19.7. The molecule has 0 N–H and O–H groups in total. The molecule has 67 heavy (non-hydrogen) atoms. The van der Waals surface area contributed by atoms with E-state index in [2.05, 4.69) is 196 Å². The summed E-state index contributed by atoms with van der Waals surface area (Å²) in [7, 11) is 0. The van der Waals surface area contributed by atoms with Crippen LogP contribution in [0.25, 0.3) is 89.5 Å². The van der Waals surface area contributed by atoms with Crippen molar-refractivity contribution < 1.29 is 0 Å². The zero-order valence-corrected chi connectivity index (χ0v) is 38.0. The highest BCUT2D eigenvalue weighted by atomic mass is 15.0. The highest BCUT2D eigenvalue weighted by Gasteiger charge is 2.54. The average Bonchev–Trinajstić information content (AvgIpc) is 3.85. The predicted octanol–water partition coefficient (Wildman–Crippen LogP) is 16.6. The molecule has 0 bridgehead atoms. The van der Waals surface area contributed by atoms with Gasteiger partial charge in [0, 0.05) is 16.7 Å². The first-order chi connectivity index (χ1) is 33.0. The summed E-state index contributed by atoms with van der Waals surface area (Å²) in [6.07, 6.45) is 13.8. The van der Waals surface area contributed by atoms with Gasteiger partial charge in [0.15, 0.2) is 17.5 Å². The zero-order chi connectivity index (χ0) is 45.5. The summed E-state index contributed by atoms with van der Waals surface area (Å²) in [5, 5.41) is 2.26. The summed E-state index contributed by atoms with van der Waals surface area (Å²) < 4.78 is 0. The number of aromatic nitrogens is 3. The summed E-state index contributed by atoms with van der Waals surface area (Å²) >= 11 is 0. The lowest BCUT2D eigenvalue weighted by Gasteiger charge is -2.32. The standard InChI is InChI=1S/C64H49N3/c1-5-9-22-42(7-3)49-39-50(43-23-12-10-13-24-43)41-51(40-49)63-66-61(44-25-14-11-15-26-44)65-62(67-63)48-36-34-45-37-47(35-33-46(45)38-48)52-29-20-30-56-53(21-6-2)57(8-4)64(60(52)56)58-31-18-16-27-54(58)55-28-17-19-32-59(55)64/h5,7-41H,3,6H2,1-2,4H3/b9-5-,42-22+,53-21-,57-8+. The van der Waals surface area contributed by atoms with E-state index in [-0.39, 0.29) is 0 Å². The number of benzene rings is 8. The van der Waals surface area contributed by atoms with Crippen molar-refractivity contribution in [1.82, 2.24) is 15.0 Å². The van der Waals surface area contributed by atoms with Gasteiger partial charge < -0.3 is 0 Å². The van der Waals surface area contributed by atoms with Crippen LogP contribution in [0.15, 0.2) is 231 Å². The summed E-state index contributed by atoms with van der Waals surface area (Å²) in [5.74, 6) is 1.84. The fraction of sp³-hybridized carbons (Fsp3) is 0.0781. The summed E-state index contributed by atoms with van der Waals surface area (Å²) in [6, 6.07) is 65.6. The van der Waals surface area contributed by atoms with Crippen molar-refractivity contribution in [3.8, 4) is 67.5 Å². The SMILES string of the molecule is C=C/C(=C\C=C/C)c1cc(-c2ccccc2)cc(-c2nc(-c3ccccc3)nc(-c3ccc4cc(-c5cccc6c5C5(C(=C/C)/C6=C\CC)c6ccccc6-c6ccccc65)ccc4c3)n2)c1. The fourth-order valence-corrected chi connectivity index (χ4v) is 10.6. The zero-order valence-electron chi connectivity index (χ0n) is 38.0. The Kier molecular flexibility index (Phi) is 10.7. The van der Waals surface area contributed by atoms with Crippen molar-refractivity contribution in [2.75, 3.05) is 0 Å². The number of allylic oxidation sites excluding steroid dienone is 9. The minimum atomic E-state index is -0.433. The van der Waals surface area contributed by atoms with Gasteiger partial charge in [-0.15, -0.1) is 0 Å². The van der Waals surface area contributed by atoms with Gasteiger partial charge in [0.25, 0.3) is 0 Å². The molecule has 1 spiro atoms. The van der Waals surface area contributed by atoms with E-state index in [0.29, 0.717) is 17.5 Å². The topological polar surface area (TPSA) is 38.7 Å². The Morgan fingerprint density at radius 1 is 0.507 bits per heavy atom. The van der Waals surface area contributed by atoms with E-state index >= 15 is 0 Å². The van der Waals surface area contributed by atoms with Gasteiger partial charge in [-0.05, 0) is 139 Å². The molecule has 0 amide bonds. The summed E-state index contributed by atoms with van der Waals surface area (Å²) in [4.78, 5) is 15.6. The molecule has 0 atom stereocenters. The second-order valence-corrected chi connectivity index (χ2v) is 17.3. The van der Waals surface area contributed by atoms with Crippen LogP contribution in [-0.2, 0) is 5.41 Å². The predicted molar refractivity (Wildman–Crippen MR) is 281 cm³/mol. The minimum Gasteiger partial charge on any atom is -0.208 e. The Morgan fingerprint density at radius 3 is 1.70 bits per heavy atom. The molecule has 2 aliphatic rings. The van der Waals surface area contributed by atoms with Gasteiger partial charge >= 0.3 is 0 Å². The van der Waals surface area contributed by atoms with Crippen LogP contribution in [0.1, 0.15) is 55.0 Å². The molecular weight excluding hydrogens is 811 g/mol. The van der Waals surface area contributed by atoms with Gasteiger partial charge in [-0.1, -0.05) is 202 Å². The molecule has 3 heteroatoms. The van der Waals surface area contributed by atoms with Gasteiger partial charge in [-0.3, -0.25) is 0 Å². The third-order valence-corrected chi connectivity index (χ3v) is 13.5. The van der Waals surface area contributed by atoms with E-state index in [4.69, 9.17) is 15.0 Å². The smallest absolute Gasteiger partial charge is 0.164 e. The molecule has 0 radical (unpaired) electrons. The normalized spacial score (nSPS) is 14.8. The monoisotopic (exact) mass is 859 g/mol. The molecule has 9 aromatic rings. The van der Waals surface area contributed by atoms with Gasteiger partial charge in [-0.2, -0.15) is 0 Å². The molecule has 0 unspecified atom stereocenters. The van der Waals surface area contributed by atoms with Crippen LogP contribution in [-0.4, -0.2) is 15.0 Å². The largest absolute Gasteiger partial charge is 0.208 e. The minimum absolute atomic E-state index is 0.433. The number of nitrogens with zero attached hydrogens (tertiary/aromatic N) is 3. The molecule has 1 heterocycles. The van der Waals surface area contributed by atoms with E-state index in [1.165, 1.54) is 55.7 Å². The Bertz CT molecular complexity index is 3490. The van der Waals surface area contributed by atoms with Crippen LogP contribution in [0.3, 0.4) is 0 Å². The van der Waals surface area contributed by atoms with Gasteiger partial charge in [0.1, 0.15) is 0 Å². The molecule has 0 aliphatic heterocycles. The van der Waals surface area contributed by atoms with E-state index in [0.717, 1.165) is 56.1 Å². The van der Waals surface area contributed by atoms with Gasteiger partial charge in [0.05, 0.1) is 5.41 Å². The molecule has 11 rings (SSSR count). The third-order valence-electron chi connectivity index (χ3n) is 13.5. The Hall–Kier alpha value is -8.27. The summed E-state index contributed by atoms with van der Waals surface area (Å²) in [6.45, 7) is 10.6. The van der Waals surface area contributed by atoms with E-state index in [9.17, 15) is 0 Å². The Morgan fingerprint density at radius 2 is 1.06 bits per heavy atom. The first-order valence-corrected chi connectivity index (χ1v) is 23.3. The second kappa shape index (κ2) is 17.3. The molecule has 0 saturated carbocycles. The molecule has 8 aromatic carbocycles. The third kappa shape index (κ3) is 6.94. The van der Waals surface area contributed by atoms with Crippen LogP contribution in [0.5, 0.6) is 0 Å². The highest BCUT2D eigenvalue weighted by molar-refractivity contribution is 6.03. The van der Waals surface area contributed by atoms with E-state index in [1.54, 1.807) is 0 Å². The van der Waals surface area contributed by atoms with Crippen molar-refractivity contribution in [3.05, 3.63) is 258 Å². The number of rotatable bonds is 9. The van der Waals surface area contributed by atoms with E-state index in [1.807, 2.05) is 49.4 Å². The molecule has 2 aliphatic carbocycles. The number of hydrogen-bond acceptors (Lipinski definition) is 3. The number of fused-ring (bicyclic) bond motifs is 8. The lowest BCUT2D eigenvalue weighted by Crippen LogP contribution is -2.26. The van der Waals surface area contributed by atoms with Crippen molar-refractivity contribution in [2.24, 2.45) is 0 Å². The van der Waals surface area contributed by atoms with Gasteiger partial charge in [0.2, 0.25) is 0 Å². The van der Waals surface area contributed by atoms with Crippen molar-refractivity contribution in [2.45, 2.75) is 32.6 Å². The van der Waals surface area contributed by atoms with Crippen LogP contribution in [0.4, 0.5) is 0 Å². The lowest BCUT2D eigenvalue weighted by atomic mass is 9.68. The molecule has 0 fully saturated rings. The molecule has 3 nitrogen and oxygen atoms in total. The van der Waals surface area contributed by atoms with Gasteiger partial charge in [-0.25, -0.2) is 15.0 Å². The maximum absolute atomic E-state index is 5.26. The van der Waals surface area contributed by atoms with Crippen molar-refractivity contribution in [3.63, 3.8) is 0 Å². The highest BCUT2D eigenvalue weighted by Crippen LogP contribution is 2.65. The Labute approximate surface area is 393 Å². The van der Waals surface area contributed by atoms with E-state index < -0.39 is 5.41 Å². The van der Waals surface area contributed by atoms with Crippen molar-refractivity contribution >= 4 is 21.9 Å². The lowest BCUT2D eigenvalue weighted by molar-refractivity contribution is 0.794. The first kappa shape index (κ1) is 41.4. The van der Waals surface area contributed by atoms with Crippen LogP contribution in [0.2, 0.25) is 0 Å². The quantitative estimate of drug-likeness (QED) is 0.136. The van der Waals surface area contributed by atoms with Crippen LogP contribution >= 0.6 is 0 Å². The average molecular weight is 860 g/mol. The Balaban J connectivity index is 1.06. The molecule has 1 aromatic heterocycles.